The van der Waals surface area contributed by atoms with Crippen LogP contribution in [0.1, 0.15) is 31.1 Å². The van der Waals surface area contributed by atoms with Gasteiger partial charge in [-0.05, 0) is 45.0 Å². The first-order valence-electron chi connectivity index (χ1n) is 5.06. The molecule has 0 unspecified atom stereocenters. The second-order valence-electron chi connectivity index (χ2n) is 3.84. The van der Waals surface area contributed by atoms with Crippen LogP contribution in [0.3, 0.4) is 0 Å². The summed E-state index contributed by atoms with van der Waals surface area (Å²) < 4.78 is 0. The van der Waals surface area contributed by atoms with Crippen molar-refractivity contribution in [2.24, 2.45) is 0 Å². The summed E-state index contributed by atoms with van der Waals surface area (Å²) in [5.74, 6) is -0.141. The van der Waals surface area contributed by atoms with Gasteiger partial charge in [0.25, 0.3) is 0 Å². The predicted molar refractivity (Wildman–Crippen MR) is 64.5 cm³/mol. The average Bonchev–Trinajstić information content (AvgIpc) is 2.16. The molecule has 3 nitrogen and oxygen atoms in total. The fourth-order valence-electron chi connectivity index (χ4n) is 1.23. The molecule has 0 aliphatic rings. The van der Waals surface area contributed by atoms with E-state index in [2.05, 4.69) is 5.32 Å². The first-order chi connectivity index (χ1) is 7.49. The highest BCUT2D eigenvalue weighted by Gasteiger charge is 2.01. The lowest BCUT2D eigenvalue weighted by Gasteiger charge is -2.03. The number of carbonyl (C=O) groups excluding carboxylic acids is 2. The molecule has 1 aromatic rings. The zero-order chi connectivity index (χ0) is 12.1. The van der Waals surface area contributed by atoms with E-state index in [0.29, 0.717) is 11.3 Å². The maximum atomic E-state index is 11.4. The molecule has 1 aromatic carbocycles. The van der Waals surface area contributed by atoms with E-state index in [9.17, 15) is 9.59 Å². The lowest BCUT2D eigenvalue weighted by Crippen LogP contribution is -2.08. The summed E-state index contributed by atoms with van der Waals surface area (Å²) in [7, 11) is 0. The van der Waals surface area contributed by atoms with Gasteiger partial charge in [-0.25, -0.2) is 0 Å². The maximum Gasteiger partial charge on any atom is 0.248 e. The van der Waals surface area contributed by atoms with Gasteiger partial charge in [0.15, 0.2) is 5.78 Å². The van der Waals surface area contributed by atoms with E-state index >= 15 is 0 Å². The van der Waals surface area contributed by atoms with Gasteiger partial charge in [0.2, 0.25) is 5.91 Å². The van der Waals surface area contributed by atoms with Crippen molar-refractivity contribution in [3.63, 3.8) is 0 Å². The molecule has 0 radical (unpaired) electrons. The Balaban J connectivity index is 2.73. The number of carbonyl (C=O) groups is 2. The van der Waals surface area contributed by atoms with Crippen LogP contribution in [-0.2, 0) is 4.79 Å². The molecule has 16 heavy (non-hydrogen) atoms. The highest BCUT2D eigenvalue weighted by Crippen LogP contribution is 2.10. The number of ketones is 1. The fourth-order valence-corrected chi connectivity index (χ4v) is 1.23. The Labute approximate surface area is 95.2 Å². The Morgan fingerprint density at radius 1 is 1.06 bits per heavy atom. The van der Waals surface area contributed by atoms with E-state index in [-0.39, 0.29) is 11.7 Å². The molecule has 0 saturated heterocycles. The summed E-state index contributed by atoms with van der Waals surface area (Å²) in [5, 5.41) is 2.71. The van der Waals surface area contributed by atoms with Gasteiger partial charge in [-0.2, -0.15) is 0 Å². The first kappa shape index (κ1) is 12.2. The van der Waals surface area contributed by atoms with Gasteiger partial charge in [-0.1, -0.05) is 5.57 Å². The molecule has 0 spiro atoms. The monoisotopic (exact) mass is 217 g/mol. The van der Waals surface area contributed by atoms with E-state index in [0.717, 1.165) is 5.57 Å². The van der Waals surface area contributed by atoms with E-state index in [1.54, 1.807) is 24.3 Å². The molecule has 0 heterocycles. The van der Waals surface area contributed by atoms with Crippen molar-refractivity contribution < 1.29 is 9.59 Å². The van der Waals surface area contributed by atoms with Crippen molar-refractivity contribution in [1.29, 1.82) is 0 Å². The molecule has 0 aromatic heterocycles. The summed E-state index contributed by atoms with van der Waals surface area (Å²) in [6, 6.07) is 6.82. The number of hydrogen-bond acceptors (Lipinski definition) is 2. The summed E-state index contributed by atoms with van der Waals surface area (Å²) in [5.41, 5.74) is 2.27. The van der Waals surface area contributed by atoms with Crippen molar-refractivity contribution in [3.8, 4) is 0 Å². The quantitative estimate of drug-likeness (QED) is 0.625. The molecule has 0 bridgehead atoms. The number of amides is 1. The summed E-state index contributed by atoms with van der Waals surface area (Å²) in [4.78, 5) is 22.4. The fraction of sp³-hybridized carbons (Fsp3) is 0.231. The molecule has 1 rings (SSSR count). The van der Waals surface area contributed by atoms with Crippen LogP contribution in [0.4, 0.5) is 5.69 Å². The highest BCUT2D eigenvalue weighted by molar-refractivity contribution is 6.00. The van der Waals surface area contributed by atoms with Crippen LogP contribution >= 0.6 is 0 Å². The maximum absolute atomic E-state index is 11.4. The van der Waals surface area contributed by atoms with Crippen molar-refractivity contribution in [1.82, 2.24) is 0 Å². The van der Waals surface area contributed by atoms with Crippen LogP contribution in [0.5, 0.6) is 0 Å². The van der Waals surface area contributed by atoms with Gasteiger partial charge in [-0.3, -0.25) is 9.59 Å². The third kappa shape index (κ3) is 3.69. The summed E-state index contributed by atoms with van der Waals surface area (Å²) >= 11 is 0. The SMILES string of the molecule is CC(=O)c1ccc(NC(=O)C=C(C)C)cc1. The van der Waals surface area contributed by atoms with Gasteiger partial charge < -0.3 is 5.32 Å². The number of Topliss-reactive ketones (excluding diaryl/α,β-unsaturated/α-hetero) is 1. The third-order valence-corrected chi connectivity index (χ3v) is 1.98. The zero-order valence-electron chi connectivity index (χ0n) is 9.70. The minimum atomic E-state index is -0.157. The summed E-state index contributed by atoms with van der Waals surface area (Å²) in [6.45, 7) is 5.23. The van der Waals surface area contributed by atoms with Crippen LogP contribution in [0.25, 0.3) is 0 Å². The standard InChI is InChI=1S/C13H15NO2/c1-9(2)8-13(16)14-12-6-4-11(5-7-12)10(3)15/h4-8H,1-3H3,(H,14,16). The zero-order valence-corrected chi connectivity index (χ0v) is 9.70. The number of rotatable bonds is 3. The van der Waals surface area contributed by atoms with Crippen LogP contribution in [0, 0.1) is 0 Å². The van der Waals surface area contributed by atoms with Gasteiger partial charge in [0.1, 0.15) is 0 Å². The molecular weight excluding hydrogens is 202 g/mol. The lowest BCUT2D eigenvalue weighted by atomic mass is 10.1. The van der Waals surface area contributed by atoms with Gasteiger partial charge in [0, 0.05) is 17.3 Å². The number of hydrogen-bond donors (Lipinski definition) is 1. The number of allylic oxidation sites excluding steroid dienone is 1. The first-order valence-corrected chi connectivity index (χ1v) is 5.06. The Kier molecular flexibility index (Phi) is 4.00. The molecule has 0 atom stereocenters. The van der Waals surface area contributed by atoms with E-state index in [4.69, 9.17) is 0 Å². The van der Waals surface area contributed by atoms with Gasteiger partial charge >= 0.3 is 0 Å². The second kappa shape index (κ2) is 5.26. The Bertz CT molecular complexity index is 426. The van der Waals surface area contributed by atoms with E-state index in [1.165, 1.54) is 13.0 Å². The molecule has 3 heteroatoms. The van der Waals surface area contributed by atoms with E-state index in [1.807, 2.05) is 13.8 Å². The highest BCUT2D eigenvalue weighted by atomic mass is 16.1. The molecule has 0 fully saturated rings. The molecule has 0 saturated carbocycles. The molecule has 84 valence electrons. The average molecular weight is 217 g/mol. The molecule has 1 amide bonds. The second-order valence-corrected chi connectivity index (χ2v) is 3.84. The van der Waals surface area contributed by atoms with Crippen molar-refractivity contribution in [3.05, 3.63) is 41.5 Å². The minimum absolute atomic E-state index is 0.0159. The number of nitrogens with one attached hydrogen (secondary N) is 1. The van der Waals surface area contributed by atoms with Crippen LogP contribution in [0.15, 0.2) is 35.9 Å². The van der Waals surface area contributed by atoms with Crippen LogP contribution in [-0.4, -0.2) is 11.7 Å². The van der Waals surface area contributed by atoms with Crippen LogP contribution in [0.2, 0.25) is 0 Å². The molecule has 0 aliphatic carbocycles. The normalized spacial score (nSPS) is 9.44. The minimum Gasteiger partial charge on any atom is -0.323 e. The molecule has 0 aliphatic heterocycles. The van der Waals surface area contributed by atoms with E-state index < -0.39 is 0 Å². The molecular formula is C13H15NO2. The van der Waals surface area contributed by atoms with Crippen molar-refractivity contribution in [2.45, 2.75) is 20.8 Å². The van der Waals surface area contributed by atoms with Gasteiger partial charge in [0.05, 0.1) is 0 Å². The largest absolute Gasteiger partial charge is 0.323 e. The summed E-state index contributed by atoms with van der Waals surface area (Å²) in [6.07, 6.45) is 1.53. The van der Waals surface area contributed by atoms with Crippen LogP contribution < -0.4 is 5.32 Å². The van der Waals surface area contributed by atoms with Gasteiger partial charge in [-0.15, -0.1) is 0 Å². The Morgan fingerprint density at radius 2 is 1.62 bits per heavy atom. The number of benzene rings is 1. The third-order valence-electron chi connectivity index (χ3n) is 1.98. The van der Waals surface area contributed by atoms with Crippen molar-refractivity contribution >= 4 is 17.4 Å². The Morgan fingerprint density at radius 3 is 2.06 bits per heavy atom. The lowest BCUT2D eigenvalue weighted by molar-refractivity contribution is -0.111. The van der Waals surface area contributed by atoms with Crippen molar-refractivity contribution in [2.75, 3.05) is 5.32 Å². The smallest absolute Gasteiger partial charge is 0.248 e. The molecule has 1 N–H and O–H groups in total. The number of anilines is 1. The predicted octanol–water partition coefficient (Wildman–Crippen LogP) is 2.79. The topological polar surface area (TPSA) is 46.2 Å². The Hall–Kier alpha value is -1.90.